The standard InChI is InChI=1S/C14H18F3N3O3S/c15-14(16,17)10-19-13(21)11-3-1-4-12(9-11)24(22,23)20-7-2-5-18-6-8-20/h1,3-4,9,18H,2,5-8,10H2,(H,19,21). The number of carbonyl (C=O) groups excluding carboxylic acids is 1. The van der Waals surface area contributed by atoms with Gasteiger partial charge < -0.3 is 10.6 Å². The summed E-state index contributed by atoms with van der Waals surface area (Å²) in [5.74, 6) is -0.970. The second-order valence-electron chi connectivity index (χ2n) is 5.33. The maximum atomic E-state index is 12.6. The van der Waals surface area contributed by atoms with Crippen molar-refractivity contribution in [3.05, 3.63) is 29.8 Å². The van der Waals surface area contributed by atoms with Gasteiger partial charge >= 0.3 is 6.18 Å². The first-order valence-corrected chi connectivity index (χ1v) is 8.80. The fraction of sp³-hybridized carbons (Fsp3) is 0.500. The second kappa shape index (κ2) is 7.49. The van der Waals surface area contributed by atoms with E-state index >= 15 is 0 Å². The molecule has 0 spiro atoms. The summed E-state index contributed by atoms with van der Waals surface area (Å²) in [5.41, 5.74) is -0.131. The van der Waals surface area contributed by atoms with Crippen molar-refractivity contribution in [3.8, 4) is 0 Å². The van der Waals surface area contributed by atoms with E-state index in [4.69, 9.17) is 0 Å². The number of nitrogens with zero attached hydrogens (tertiary/aromatic N) is 1. The first-order chi connectivity index (χ1) is 11.2. The lowest BCUT2D eigenvalue weighted by atomic mass is 10.2. The molecule has 0 atom stereocenters. The van der Waals surface area contributed by atoms with E-state index in [0.717, 1.165) is 6.07 Å². The quantitative estimate of drug-likeness (QED) is 0.833. The van der Waals surface area contributed by atoms with Crippen molar-refractivity contribution in [3.63, 3.8) is 0 Å². The molecule has 1 fully saturated rings. The van der Waals surface area contributed by atoms with Crippen molar-refractivity contribution >= 4 is 15.9 Å². The van der Waals surface area contributed by atoms with Gasteiger partial charge in [-0.05, 0) is 31.2 Å². The van der Waals surface area contributed by atoms with Crippen LogP contribution in [0.5, 0.6) is 0 Å². The Kier molecular flexibility index (Phi) is 5.83. The number of hydrogen-bond acceptors (Lipinski definition) is 4. The Balaban J connectivity index is 2.18. The third-order valence-corrected chi connectivity index (χ3v) is 5.38. The number of halogens is 3. The number of alkyl halides is 3. The Hall–Kier alpha value is -1.65. The Labute approximate surface area is 138 Å². The van der Waals surface area contributed by atoms with E-state index < -0.39 is 28.7 Å². The predicted octanol–water partition coefficient (Wildman–Crippen LogP) is 0.963. The van der Waals surface area contributed by atoms with Crippen LogP contribution in [0.3, 0.4) is 0 Å². The van der Waals surface area contributed by atoms with Crippen LogP contribution < -0.4 is 10.6 Å². The Bertz CT molecular complexity index is 684. The Morgan fingerprint density at radius 3 is 2.71 bits per heavy atom. The van der Waals surface area contributed by atoms with E-state index in [-0.39, 0.29) is 10.5 Å². The molecule has 0 saturated carbocycles. The first kappa shape index (κ1) is 18.7. The molecule has 134 valence electrons. The molecule has 2 rings (SSSR count). The molecular formula is C14H18F3N3O3S. The molecule has 0 bridgehead atoms. The lowest BCUT2D eigenvalue weighted by Gasteiger charge is -2.20. The van der Waals surface area contributed by atoms with Gasteiger partial charge in [0.1, 0.15) is 6.54 Å². The van der Waals surface area contributed by atoms with Crippen LogP contribution in [0.1, 0.15) is 16.8 Å². The van der Waals surface area contributed by atoms with E-state index in [1.807, 2.05) is 0 Å². The predicted molar refractivity (Wildman–Crippen MR) is 81.1 cm³/mol. The van der Waals surface area contributed by atoms with E-state index in [1.165, 1.54) is 22.5 Å². The van der Waals surface area contributed by atoms with Gasteiger partial charge in [-0.3, -0.25) is 4.79 Å². The molecule has 0 aromatic heterocycles. The van der Waals surface area contributed by atoms with Gasteiger partial charge in [-0.1, -0.05) is 6.07 Å². The van der Waals surface area contributed by atoms with Crippen LogP contribution in [0.25, 0.3) is 0 Å². The SMILES string of the molecule is O=C(NCC(F)(F)F)c1cccc(S(=O)(=O)N2CCCNCC2)c1. The molecule has 0 unspecified atom stereocenters. The van der Waals surface area contributed by atoms with Gasteiger partial charge in [0.05, 0.1) is 4.90 Å². The van der Waals surface area contributed by atoms with E-state index in [9.17, 15) is 26.4 Å². The number of sulfonamides is 1. The third-order valence-electron chi connectivity index (χ3n) is 3.48. The minimum atomic E-state index is -4.53. The zero-order valence-electron chi connectivity index (χ0n) is 12.8. The molecule has 1 heterocycles. The van der Waals surface area contributed by atoms with Crippen LogP contribution in [-0.4, -0.2) is 57.5 Å². The van der Waals surface area contributed by atoms with E-state index in [0.29, 0.717) is 32.6 Å². The van der Waals surface area contributed by atoms with Gasteiger partial charge in [-0.2, -0.15) is 17.5 Å². The lowest BCUT2D eigenvalue weighted by Crippen LogP contribution is -2.35. The number of amides is 1. The number of benzene rings is 1. The summed E-state index contributed by atoms with van der Waals surface area (Å²) in [6, 6.07) is 5.04. The lowest BCUT2D eigenvalue weighted by molar-refractivity contribution is -0.123. The van der Waals surface area contributed by atoms with Crippen LogP contribution in [0.15, 0.2) is 29.2 Å². The monoisotopic (exact) mass is 365 g/mol. The summed E-state index contributed by atoms with van der Waals surface area (Å²) in [7, 11) is -3.79. The molecule has 1 amide bonds. The van der Waals surface area contributed by atoms with Gasteiger partial charge in [0.25, 0.3) is 5.91 Å². The Morgan fingerprint density at radius 2 is 2.00 bits per heavy atom. The highest BCUT2D eigenvalue weighted by atomic mass is 32.2. The van der Waals surface area contributed by atoms with Crippen LogP contribution in [0.2, 0.25) is 0 Å². The summed E-state index contributed by atoms with van der Waals surface area (Å²) in [6.45, 7) is 0.407. The second-order valence-corrected chi connectivity index (χ2v) is 7.27. The van der Waals surface area contributed by atoms with Gasteiger partial charge in [-0.15, -0.1) is 0 Å². The zero-order valence-corrected chi connectivity index (χ0v) is 13.6. The minimum absolute atomic E-state index is 0.107. The molecule has 10 heteroatoms. The number of nitrogens with one attached hydrogen (secondary N) is 2. The molecule has 2 N–H and O–H groups in total. The van der Waals surface area contributed by atoms with Crippen molar-refractivity contribution in [1.82, 2.24) is 14.9 Å². The van der Waals surface area contributed by atoms with Gasteiger partial charge in [0.2, 0.25) is 10.0 Å². The molecule has 24 heavy (non-hydrogen) atoms. The molecule has 6 nitrogen and oxygen atoms in total. The van der Waals surface area contributed by atoms with Gasteiger partial charge in [0.15, 0.2) is 0 Å². The molecular weight excluding hydrogens is 347 g/mol. The number of rotatable bonds is 4. The zero-order chi connectivity index (χ0) is 17.8. The number of carbonyl (C=O) groups is 1. The summed E-state index contributed by atoms with van der Waals surface area (Å²) < 4.78 is 63.0. The average molecular weight is 365 g/mol. The van der Waals surface area contributed by atoms with Gasteiger partial charge in [-0.25, -0.2) is 8.42 Å². The van der Waals surface area contributed by atoms with Crippen molar-refractivity contribution in [2.45, 2.75) is 17.5 Å². The summed E-state index contributed by atoms with van der Waals surface area (Å²) in [6.07, 6.45) is -3.87. The molecule has 0 radical (unpaired) electrons. The molecule has 1 aromatic carbocycles. The minimum Gasteiger partial charge on any atom is -0.343 e. The average Bonchev–Trinajstić information content (AvgIpc) is 2.82. The van der Waals surface area contributed by atoms with Crippen molar-refractivity contribution < 1.29 is 26.4 Å². The van der Waals surface area contributed by atoms with Crippen molar-refractivity contribution in [2.24, 2.45) is 0 Å². The fourth-order valence-electron chi connectivity index (χ4n) is 2.29. The normalized spacial score (nSPS) is 17.3. The fourth-order valence-corrected chi connectivity index (χ4v) is 3.82. The molecule has 1 aliphatic rings. The summed E-state index contributed by atoms with van der Waals surface area (Å²) in [5, 5.41) is 4.81. The van der Waals surface area contributed by atoms with Crippen molar-refractivity contribution in [1.29, 1.82) is 0 Å². The largest absolute Gasteiger partial charge is 0.405 e. The smallest absolute Gasteiger partial charge is 0.343 e. The first-order valence-electron chi connectivity index (χ1n) is 7.36. The molecule has 1 aromatic rings. The summed E-state index contributed by atoms with van der Waals surface area (Å²) in [4.78, 5) is 11.7. The van der Waals surface area contributed by atoms with Crippen LogP contribution in [0.4, 0.5) is 13.2 Å². The van der Waals surface area contributed by atoms with Gasteiger partial charge in [0, 0.05) is 25.2 Å². The highest BCUT2D eigenvalue weighted by Crippen LogP contribution is 2.18. The van der Waals surface area contributed by atoms with E-state index in [1.54, 1.807) is 5.32 Å². The highest BCUT2D eigenvalue weighted by Gasteiger charge is 2.29. The maximum Gasteiger partial charge on any atom is 0.405 e. The van der Waals surface area contributed by atoms with Crippen LogP contribution in [-0.2, 0) is 10.0 Å². The van der Waals surface area contributed by atoms with E-state index in [2.05, 4.69) is 5.32 Å². The van der Waals surface area contributed by atoms with Crippen LogP contribution in [0, 0.1) is 0 Å². The highest BCUT2D eigenvalue weighted by molar-refractivity contribution is 7.89. The van der Waals surface area contributed by atoms with Crippen molar-refractivity contribution in [2.75, 3.05) is 32.7 Å². The number of hydrogen-bond donors (Lipinski definition) is 2. The molecule has 0 aliphatic carbocycles. The topological polar surface area (TPSA) is 78.5 Å². The van der Waals surface area contributed by atoms with Crippen LogP contribution >= 0.6 is 0 Å². The molecule has 1 aliphatic heterocycles. The molecule has 1 saturated heterocycles. The summed E-state index contributed by atoms with van der Waals surface area (Å²) >= 11 is 0. The maximum absolute atomic E-state index is 12.6. The Morgan fingerprint density at radius 1 is 1.25 bits per heavy atom. The third kappa shape index (κ3) is 4.92.